The second-order valence-electron chi connectivity index (χ2n) is 10.1. The number of halogens is 3. The molecule has 1 aliphatic carbocycles. The molecule has 3 fully saturated rings. The van der Waals surface area contributed by atoms with Crippen LogP contribution in [0.1, 0.15) is 38.5 Å². The van der Waals surface area contributed by atoms with E-state index < -0.39 is 5.92 Å². The average molecular weight is 486 g/mol. The number of likely N-dealkylation sites (tertiary alicyclic amines) is 2. The van der Waals surface area contributed by atoms with Crippen LogP contribution in [0.25, 0.3) is 22.2 Å². The minimum absolute atomic E-state index is 0.0544. The summed E-state index contributed by atoms with van der Waals surface area (Å²) in [5, 5.41) is 5.20. The highest BCUT2D eigenvalue weighted by Crippen LogP contribution is 2.38. The molecule has 3 aromatic rings. The number of carbonyl (C=O) groups excluding carboxylic acids is 1. The van der Waals surface area contributed by atoms with Crippen LogP contribution in [0.4, 0.5) is 13.2 Å². The van der Waals surface area contributed by atoms with Gasteiger partial charge in [0, 0.05) is 79.9 Å². The van der Waals surface area contributed by atoms with Gasteiger partial charge >= 0.3 is 0 Å². The van der Waals surface area contributed by atoms with Gasteiger partial charge in [-0.05, 0) is 31.7 Å². The number of alkyl halides is 2. The molecular weight excluding hydrogens is 457 g/mol. The van der Waals surface area contributed by atoms with Crippen molar-refractivity contribution in [3.05, 3.63) is 42.7 Å². The van der Waals surface area contributed by atoms with E-state index in [4.69, 9.17) is 0 Å². The summed E-state index contributed by atoms with van der Waals surface area (Å²) in [5.41, 5.74) is 1.86. The maximum Gasteiger partial charge on any atom is 0.248 e. The summed E-state index contributed by atoms with van der Waals surface area (Å²) in [5.74, 6) is -3.17. The molecule has 0 spiro atoms. The van der Waals surface area contributed by atoms with E-state index in [0.717, 1.165) is 37.4 Å². The Morgan fingerprint density at radius 2 is 1.83 bits per heavy atom. The fourth-order valence-electron chi connectivity index (χ4n) is 5.72. The van der Waals surface area contributed by atoms with Gasteiger partial charge in [0.1, 0.15) is 17.5 Å². The summed E-state index contributed by atoms with van der Waals surface area (Å²) in [6.07, 6.45) is 8.54. The van der Waals surface area contributed by atoms with Crippen molar-refractivity contribution in [1.82, 2.24) is 29.5 Å². The molecular formula is C25H28F3N6O. The molecule has 35 heavy (non-hydrogen) atoms. The van der Waals surface area contributed by atoms with Crippen molar-refractivity contribution in [1.29, 1.82) is 0 Å². The second-order valence-corrected chi connectivity index (χ2v) is 10.1. The van der Waals surface area contributed by atoms with Crippen LogP contribution in [-0.2, 0) is 4.79 Å². The summed E-state index contributed by atoms with van der Waals surface area (Å²) < 4.78 is 43.2. The predicted octanol–water partition coefficient (Wildman–Crippen LogP) is 4.08. The SMILES string of the molecule is O=C(C1CCC(F)(F)CC1)N1CCC(N2C[C](n3cc(-c4c(F)cnc5[nH]ccc45)cn3)C2)CC1. The zero-order valence-electron chi connectivity index (χ0n) is 19.4. The quantitative estimate of drug-likeness (QED) is 0.605. The lowest BCUT2D eigenvalue weighted by molar-refractivity contribution is -0.141. The lowest BCUT2D eigenvalue weighted by Crippen LogP contribution is -2.57. The van der Waals surface area contributed by atoms with E-state index in [9.17, 15) is 18.0 Å². The van der Waals surface area contributed by atoms with Gasteiger partial charge in [-0.25, -0.2) is 18.2 Å². The zero-order chi connectivity index (χ0) is 24.2. The summed E-state index contributed by atoms with van der Waals surface area (Å²) in [6.45, 7) is 2.94. The van der Waals surface area contributed by atoms with Crippen molar-refractivity contribution in [3.63, 3.8) is 0 Å². The third kappa shape index (κ3) is 4.22. The number of H-pyrrole nitrogens is 1. The van der Waals surface area contributed by atoms with Crippen LogP contribution in [0.15, 0.2) is 30.9 Å². The van der Waals surface area contributed by atoms with Crippen molar-refractivity contribution in [2.24, 2.45) is 5.92 Å². The molecule has 0 bridgehead atoms. The van der Waals surface area contributed by atoms with E-state index in [-0.39, 0.29) is 30.5 Å². The molecule has 0 atom stereocenters. The topological polar surface area (TPSA) is 70.1 Å². The van der Waals surface area contributed by atoms with E-state index in [2.05, 4.69) is 20.0 Å². The molecule has 1 N–H and O–H groups in total. The van der Waals surface area contributed by atoms with Gasteiger partial charge in [-0.2, -0.15) is 5.10 Å². The van der Waals surface area contributed by atoms with Crippen LogP contribution in [-0.4, -0.2) is 73.6 Å². The number of piperidine rings is 1. The molecule has 1 saturated carbocycles. The molecule has 7 nitrogen and oxygen atoms in total. The third-order valence-electron chi connectivity index (χ3n) is 7.87. The van der Waals surface area contributed by atoms with Gasteiger partial charge in [-0.1, -0.05) is 0 Å². The number of nitrogens with zero attached hydrogens (tertiary/aromatic N) is 5. The number of pyridine rings is 1. The van der Waals surface area contributed by atoms with E-state index in [1.54, 1.807) is 12.4 Å². The summed E-state index contributed by atoms with van der Waals surface area (Å²) >= 11 is 0. The third-order valence-corrected chi connectivity index (χ3v) is 7.87. The maximum absolute atomic E-state index is 14.5. The summed E-state index contributed by atoms with van der Waals surface area (Å²) in [7, 11) is 0. The highest BCUT2D eigenvalue weighted by atomic mass is 19.3. The molecule has 2 saturated heterocycles. The molecule has 1 amide bonds. The number of nitrogens with one attached hydrogen (secondary N) is 1. The Bertz CT molecular complexity index is 1210. The highest BCUT2D eigenvalue weighted by molar-refractivity contribution is 5.92. The summed E-state index contributed by atoms with van der Waals surface area (Å²) in [4.78, 5) is 24.1. The molecule has 3 aliphatic rings. The van der Waals surface area contributed by atoms with Crippen molar-refractivity contribution >= 4 is 16.9 Å². The van der Waals surface area contributed by atoms with Gasteiger partial charge < -0.3 is 9.88 Å². The van der Waals surface area contributed by atoms with Gasteiger partial charge in [0.15, 0.2) is 0 Å². The zero-order valence-corrected chi connectivity index (χ0v) is 19.4. The van der Waals surface area contributed by atoms with Crippen molar-refractivity contribution in [2.75, 3.05) is 26.2 Å². The Balaban J connectivity index is 1.02. The molecule has 0 unspecified atom stereocenters. The molecule has 2 aliphatic heterocycles. The normalized spacial score (nSPS) is 22.5. The first kappa shape index (κ1) is 22.6. The largest absolute Gasteiger partial charge is 0.346 e. The first-order valence-corrected chi connectivity index (χ1v) is 12.3. The number of aromatic amines is 1. The molecule has 3 aromatic heterocycles. The van der Waals surface area contributed by atoms with Crippen molar-refractivity contribution < 1.29 is 18.0 Å². The Morgan fingerprint density at radius 3 is 2.57 bits per heavy atom. The van der Waals surface area contributed by atoms with Crippen LogP contribution in [0.5, 0.6) is 0 Å². The van der Waals surface area contributed by atoms with Crippen LogP contribution < -0.4 is 0 Å². The Labute approximate surface area is 201 Å². The monoisotopic (exact) mass is 485 g/mol. The average Bonchev–Trinajstić information content (AvgIpc) is 3.48. The number of hydrogen-bond donors (Lipinski definition) is 1. The summed E-state index contributed by atoms with van der Waals surface area (Å²) in [6, 6.07) is 3.36. The molecule has 185 valence electrons. The Kier molecular flexibility index (Phi) is 5.58. The molecule has 6 rings (SSSR count). The van der Waals surface area contributed by atoms with E-state index in [0.29, 0.717) is 48.7 Å². The number of hydrogen-bond acceptors (Lipinski definition) is 4. The van der Waals surface area contributed by atoms with E-state index in [1.165, 1.54) is 6.20 Å². The molecule has 0 aromatic carbocycles. The minimum Gasteiger partial charge on any atom is -0.346 e. The van der Waals surface area contributed by atoms with E-state index in [1.807, 2.05) is 21.8 Å². The highest BCUT2D eigenvalue weighted by Gasteiger charge is 2.41. The molecule has 10 heteroatoms. The number of rotatable bonds is 4. The van der Waals surface area contributed by atoms with Gasteiger partial charge in [0.25, 0.3) is 0 Å². The lowest BCUT2D eigenvalue weighted by Gasteiger charge is -2.46. The fraction of sp³-hybridized carbons (Fsp3) is 0.520. The first-order chi connectivity index (χ1) is 16.9. The second kappa shape index (κ2) is 8.65. The van der Waals surface area contributed by atoms with Crippen molar-refractivity contribution in [3.8, 4) is 11.1 Å². The standard InChI is InChI=1S/C25H28F3N6O/c26-21-12-30-23-20(3-8-29-23)22(21)17-11-31-34(13-17)19-14-33(15-19)18-4-9-32(10-5-18)24(35)16-1-6-25(27,28)7-2-16/h3,8,11-13,16,18H,1-2,4-7,9-10,14-15H2,(H,29,30). The lowest BCUT2D eigenvalue weighted by atomic mass is 9.85. The van der Waals surface area contributed by atoms with Crippen molar-refractivity contribution in [2.45, 2.75) is 50.5 Å². The number of amides is 1. The number of carbonyl (C=O) groups is 1. The van der Waals surface area contributed by atoms with Crippen LogP contribution in [0.3, 0.4) is 0 Å². The smallest absolute Gasteiger partial charge is 0.248 e. The minimum atomic E-state index is -2.61. The molecule has 5 heterocycles. The van der Waals surface area contributed by atoms with Gasteiger partial charge in [0.2, 0.25) is 11.8 Å². The maximum atomic E-state index is 14.5. The van der Waals surface area contributed by atoms with Crippen LogP contribution >= 0.6 is 0 Å². The number of aromatic nitrogens is 4. The Hall–Kier alpha value is -2.88. The van der Waals surface area contributed by atoms with Gasteiger partial charge in [-0.15, -0.1) is 0 Å². The van der Waals surface area contributed by atoms with Gasteiger partial charge in [-0.3, -0.25) is 14.4 Å². The predicted molar refractivity (Wildman–Crippen MR) is 124 cm³/mol. The molecule has 1 radical (unpaired) electrons. The van der Waals surface area contributed by atoms with Crippen LogP contribution in [0, 0.1) is 17.8 Å². The fourth-order valence-corrected chi connectivity index (χ4v) is 5.72. The first-order valence-electron chi connectivity index (χ1n) is 12.3. The van der Waals surface area contributed by atoms with Crippen LogP contribution in [0.2, 0.25) is 0 Å². The van der Waals surface area contributed by atoms with Gasteiger partial charge in [0.05, 0.1) is 12.4 Å². The van der Waals surface area contributed by atoms with E-state index >= 15 is 0 Å². The number of fused-ring (bicyclic) bond motifs is 1. The Morgan fingerprint density at radius 1 is 1.09 bits per heavy atom.